The number of β-amino-alcohol motifs (C(OH)–C–C–N with tert-alkyl or cyclic N) is 1. The molecule has 0 bridgehead atoms. The number of nitrogens with zero attached hydrogens (tertiary/aromatic N) is 3. The van der Waals surface area contributed by atoms with E-state index in [2.05, 4.69) is 4.90 Å². The van der Waals surface area contributed by atoms with Gasteiger partial charge in [0.05, 0.1) is 25.0 Å². The summed E-state index contributed by atoms with van der Waals surface area (Å²) >= 11 is 1.45. The molecule has 0 radical (unpaired) electrons. The zero-order valence-electron chi connectivity index (χ0n) is 17.1. The number of carbonyl (C=O) groups excluding carboxylic acids is 2. The van der Waals surface area contributed by atoms with E-state index >= 15 is 0 Å². The third-order valence-corrected chi connectivity index (χ3v) is 6.39. The van der Waals surface area contributed by atoms with Crippen LogP contribution >= 0.6 is 11.3 Å². The second-order valence-corrected chi connectivity index (χ2v) is 8.32. The lowest BCUT2D eigenvalue weighted by Crippen LogP contribution is -2.48. The van der Waals surface area contributed by atoms with Crippen LogP contribution in [0.25, 0.3) is 5.57 Å². The molecule has 0 aliphatic carbocycles. The van der Waals surface area contributed by atoms with E-state index in [-0.39, 0.29) is 18.4 Å². The van der Waals surface area contributed by atoms with Crippen LogP contribution in [-0.4, -0.2) is 73.2 Å². The van der Waals surface area contributed by atoms with Crippen LogP contribution in [0.3, 0.4) is 0 Å². The standard InChI is InChI=1S/C22H25N3O4S/c1-15-5-6-17(29-2)16(14-15)25-21(27)19(18-4-3-13-30-18)20(22(25)28)24-9-7-23(8-10-24)11-12-26/h3-6,13-14,26H,7-12H2,1-2H3. The lowest BCUT2D eigenvalue weighted by Gasteiger charge is -2.36. The minimum atomic E-state index is -0.320. The molecule has 8 heteroatoms. The van der Waals surface area contributed by atoms with Gasteiger partial charge < -0.3 is 14.7 Å². The molecule has 2 amide bonds. The highest BCUT2D eigenvalue weighted by molar-refractivity contribution is 7.11. The first kappa shape index (κ1) is 20.6. The maximum atomic E-state index is 13.6. The van der Waals surface area contributed by atoms with Gasteiger partial charge in [0.2, 0.25) is 0 Å². The molecule has 1 fully saturated rings. The molecule has 1 aromatic carbocycles. The van der Waals surface area contributed by atoms with Crippen LogP contribution in [0, 0.1) is 6.92 Å². The Morgan fingerprint density at radius 3 is 2.50 bits per heavy atom. The molecule has 0 atom stereocenters. The van der Waals surface area contributed by atoms with E-state index in [9.17, 15) is 14.7 Å². The number of ether oxygens (including phenoxy) is 1. The Morgan fingerprint density at radius 2 is 1.87 bits per heavy atom. The third kappa shape index (κ3) is 3.62. The van der Waals surface area contributed by atoms with Gasteiger partial charge in [-0.05, 0) is 36.1 Å². The van der Waals surface area contributed by atoms with Gasteiger partial charge in [-0.25, -0.2) is 4.90 Å². The fraction of sp³-hybridized carbons (Fsp3) is 0.364. The zero-order valence-corrected chi connectivity index (χ0v) is 17.9. The fourth-order valence-corrected chi connectivity index (χ4v) is 4.75. The number of aryl methyl sites for hydroxylation is 1. The molecule has 0 spiro atoms. The first-order valence-corrected chi connectivity index (χ1v) is 10.8. The van der Waals surface area contributed by atoms with Gasteiger partial charge in [0, 0.05) is 37.6 Å². The molecule has 4 rings (SSSR count). The molecule has 2 aliphatic heterocycles. The molecule has 0 unspecified atom stereocenters. The van der Waals surface area contributed by atoms with Crippen molar-refractivity contribution in [3.63, 3.8) is 0 Å². The van der Waals surface area contributed by atoms with Crippen LogP contribution in [0.4, 0.5) is 5.69 Å². The summed E-state index contributed by atoms with van der Waals surface area (Å²) in [5.74, 6) is -0.149. The predicted molar refractivity (Wildman–Crippen MR) is 117 cm³/mol. The zero-order chi connectivity index (χ0) is 21.3. The van der Waals surface area contributed by atoms with E-state index in [0.717, 1.165) is 23.5 Å². The van der Waals surface area contributed by atoms with Gasteiger partial charge in [-0.15, -0.1) is 11.3 Å². The van der Waals surface area contributed by atoms with Crippen molar-refractivity contribution in [3.05, 3.63) is 51.8 Å². The quantitative estimate of drug-likeness (QED) is 0.711. The molecular formula is C22H25N3O4S. The van der Waals surface area contributed by atoms with Crippen molar-refractivity contribution in [1.29, 1.82) is 0 Å². The summed E-state index contributed by atoms with van der Waals surface area (Å²) in [5, 5.41) is 11.1. The first-order valence-electron chi connectivity index (χ1n) is 9.95. The van der Waals surface area contributed by atoms with E-state index in [1.54, 1.807) is 6.07 Å². The van der Waals surface area contributed by atoms with Crippen LogP contribution in [0.15, 0.2) is 41.4 Å². The number of carbonyl (C=O) groups is 2. The Kier molecular flexibility index (Phi) is 5.90. The molecular weight excluding hydrogens is 402 g/mol. The highest BCUT2D eigenvalue weighted by Gasteiger charge is 2.44. The van der Waals surface area contributed by atoms with Gasteiger partial charge in [0.15, 0.2) is 0 Å². The average Bonchev–Trinajstić information content (AvgIpc) is 3.35. The van der Waals surface area contributed by atoms with Gasteiger partial charge in [0.25, 0.3) is 11.8 Å². The molecule has 158 valence electrons. The Balaban J connectivity index is 1.74. The minimum Gasteiger partial charge on any atom is -0.495 e. The third-order valence-electron chi connectivity index (χ3n) is 5.51. The fourth-order valence-electron chi connectivity index (χ4n) is 3.98. The van der Waals surface area contributed by atoms with E-state index in [1.807, 2.05) is 41.5 Å². The molecule has 2 aliphatic rings. The predicted octanol–water partition coefficient (Wildman–Crippen LogP) is 1.96. The summed E-state index contributed by atoms with van der Waals surface area (Å²) in [7, 11) is 1.54. The highest BCUT2D eigenvalue weighted by atomic mass is 32.1. The first-order chi connectivity index (χ1) is 14.5. The van der Waals surface area contributed by atoms with Gasteiger partial charge in [0.1, 0.15) is 11.4 Å². The van der Waals surface area contributed by atoms with Crippen molar-refractivity contribution in [2.75, 3.05) is 51.3 Å². The van der Waals surface area contributed by atoms with Crippen LogP contribution in [0.5, 0.6) is 5.75 Å². The number of aliphatic hydroxyl groups excluding tert-OH is 1. The van der Waals surface area contributed by atoms with Gasteiger partial charge in [-0.2, -0.15) is 0 Å². The molecule has 30 heavy (non-hydrogen) atoms. The van der Waals surface area contributed by atoms with Crippen molar-refractivity contribution >= 4 is 34.4 Å². The minimum absolute atomic E-state index is 0.113. The Morgan fingerprint density at radius 1 is 1.10 bits per heavy atom. The molecule has 7 nitrogen and oxygen atoms in total. The van der Waals surface area contributed by atoms with Crippen molar-refractivity contribution in [2.24, 2.45) is 0 Å². The monoisotopic (exact) mass is 427 g/mol. The molecule has 1 N–H and O–H groups in total. The summed E-state index contributed by atoms with van der Waals surface area (Å²) in [6, 6.07) is 9.24. The Bertz CT molecular complexity index is 978. The number of anilines is 1. The second kappa shape index (κ2) is 8.59. The van der Waals surface area contributed by atoms with Crippen molar-refractivity contribution in [2.45, 2.75) is 6.92 Å². The van der Waals surface area contributed by atoms with E-state index in [1.165, 1.54) is 23.3 Å². The molecule has 1 aromatic heterocycles. The topological polar surface area (TPSA) is 73.3 Å². The van der Waals surface area contributed by atoms with E-state index in [4.69, 9.17) is 4.74 Å². The summed E-state index contributed by atoms with van der Waals surface area (Å²) in [5.41, 5.74) is 2.31. The van der Waals surface area contributed by atoms with Crippen LogP contribution in [0.1, 0.15) is 10.4 Å². The maximum absolute atomic E-state index is 13.6. The summed E-state index contributed by atoms with van der Waals surface area (Å²) in [6.45, 7) is 5.37. The Labute approximate surface area is 179 Å². The summed E-state index contributed by atoms with van der Waals surface area (Å²) < 4.78 is 5.45. The smallest absolute Gasteiger partial charge is 0.282 e. The number of hydrogen-bond donors (Lipinski definition) is 1. The molecule has 2 aromatic rings. The van der Waals surface area contributed by atoms with E-state index < -0.39 is 0 Å². The van der Waals surface area contributed by atoms with Crippen molar-refractivity contribution in [3.8, 4) is 5.75 Å². The van der Waals surface area contributed by atoms with Crippen molar-refractivity contribution < 1.29 is 19.4 Å². The molecule has 0 saturated carbocycles. The van der Waals surface area contributed by atoms with Gasteiger partial charge in [-0.1, -0.05) is 12.1 Å². The number of piperazine rings is 1. The van der Waals surface area contributed by atoms with Gasteiger partial charge >= 0.3 is 0 Å². The summed E-state index contributed by atoms with van der Waals surface area (Å²) in [4.78, 5) is 33.3. The highest BCUT2D eigenvalue weighted by Crippen LogP contribution is 2.40. The lowest BCUT2D eigenvalue weighted by molar-refractivity contribution is -0.120. The number of benzene rings is 1. The lowest BCUT2D eigenvalue weighted by atomic mass is 10.1. The number of aliphatic hydroxyl groups is 1. The SMILES string of the molecule is COc1ccc(C)cc1N1C(=O)C(c2cccs2)=C(N2CCN(CCO)CC2)C1=O. The average molecular weight is 428 g/mol. The van der Waals surface area contributed by atoms with Crippen LogP contribution in [-0.2, 0) is 9.59 Å². The number of rotatable bonds is 6. The number of amides is 2. The number of methoxy groups -OCH3 is 1. The molecule has 3 heterocycles. The second-order valence-electron chi connectivity index (χ2n) is 7.37. The summed E-state index contributed by atoms with van der Waals surface area (Å²) in [6.07, 6.45) is 0. The number of thiophene rings is 1. The van der Waals surface area contributed by atoms with Crippen LogP contribution < -0.4 is 9.64 Å². The van der Waals surface area contributed by atoms with Crippen LogP contribution in [0.2, 0.25) is 0 Å². The normalized spacial score (nSPS) is 18.0. The largest absolute Gasteiger partial charge is 0.495 e. The van der Waals surface area contributed by atoms with Crippen molar-refractivity contribution in [1.82, 2.24) is 9.80 Å². The Hall–Kier alpha value is -2.68. The molecule has 1 saturated heterocycles. The number of hydrogen-bond acceptors (Lipinski definition) is 7. The van der Waals surface area contributed by atoms with E-state index in [0.29, 0.717) is 42.3 Å². The number of imide groups is 1. The maximum Gasteiger partial charge on any atom is 0.282 e. The van der Waals surface area contributed by atoms with Gasteiger partial charge in [-0.3, -0.25) is 14.5 Å².